The van der Waals surface area contributed by atoms with Crippen LogP contribution in [0.1, 0.15) is 58.9 Å². The molecule has 2 fully saturated rings. The fourth-order valence-corrected chi connectivity index (χ4v) is 6.90. The normalized spacial score (nSPS) is 29.4. The Morgan fingerprint density at radius 3 is 2.75 bits per heavy atom. The number of aromatic amines is 1. The lowest BCUT2D eigenvalue weighted by Crippen LogP contribution is -2.74. The summed E-state index contributed by atoms with van der Waals surface area (Å²) in [5, 5.41) is 25.4. The maximum atomic E-state index is 12.9. The van der Waals surface area contributed by atoms with Gasteiger partial charge in [0.1, 0.15) is 17.4 Å². The number of pyridine rings is 1. The second-order valence-electron chi connectivity index (χ2n) is 11.2. The minimum absolute atomic E-state index is 0.101. The molecule has 6 N–H and O–H groups in total. The van der Waals surface area contributed by atoms with E-state index in [9.17, 15) is 24.6 Å². The number of aliphatic hydroxyl groups is 1. The Labute approximate surface area is 208 Å². The zero-order valence-corrected chi connectivity index (χ0v) is 20.3. The second kappa shape index (κ2) is 7.91. The number of benzene rings is 1. The van der Waals surface area contributed by atoms with Crippen LogP contribution >= 0.6 is 0 Å². The fraction of sp³-hybridized carbons (Fsp3) is 0.519. The molecule has 0 spiro atoms. The number of H-pyrrole nitrogens is 1. The summed E-state index contributed by atoms with van der Waals surface area (Å²) in [5.74, 6) is -0.523. The van der Waals surface area contributed by atoms with Crippen molar-refractivity contribution in [3.05, 3.63) is 62.6 Å². The molecule has 3 aliphatic carbocycles. The first kappa shape index (κ1) is 23.2. The largest absolute Gasteiger partial charge is 0.508 e. The highest BCUT2D eigenvalue weighted by Crippen LogP contribution is 2.57. The van der Waals surface area contributed by atoms with Crippen LogP contribution in [-0.4, -0.2) is 62.7 Å². The molecule has 9 heteroatoms. The molecule has 0 unspecified atom stereocenters. The second-order valence-corrected chi connectivity index (χ2v) is 11.2. The van der Waals surface area contributed by atoms with Gasteiger partial charge in [-0.05, 0) is 80.0 Å². The molecule has 1 aromatic carbocycles. The summed E-state index contributed by atoms with van der Waals surface area (Å²) in [6, 6.07) is 5.99. The summed E-state index contributed by atoms with van der Waals surface area (Å²) in [4.78, 5) is 42.4. The first-order valence-corrected chi connectivity index (χ1v) is 12.8. The summed E-state index contributed by atoms with van der Waals surface area (Å²) < 4.78 is 0. The molecule has 36 heavy (non-hydrogen) atoms. The topological polar surface area (TPSA) is 149 Å². The van der Waals surface area contributed by atoms with Gasteiger partial charge in [0.25, 0.3) is 11.5 Å². The van der Waals surface area contributed by atoms with Crippen molar-refractivity contribution >= 4 is 11.8 Å². The van der Waals surface area contributed by atoms with E-state index in [4.69, 9.17) is 5.73 Å². The van der Waals surface area contributed by atoms with Gasteiger partial charge in [-0.25, -0.2) is 0 Å². The molecule has 190 valence electrons. The summed E-state index contributed by atoms with van der Waals surface area (Å²) >= 11 is 0. The number of aromatic nitrogens is 1. The van der Waals surface area contributed by atoms with Crippen LogP contribution in [0.3, 0.4) is 0 Å². The lowest BCUT2D eigenvalue weighted by Gasteiger charge is -2.63. The van der Waals surface area contributed by atoms with Crippen molar-refractivity contribution < 1.29 is 19.8 Å². The smallest absolute Gasteiger partial charge is 0.261 e. The summed E-state index contributed by atoms with van der Waals surface area (Å²) in [7, 11) is 0. The van der Waals surface area contributed by atoms with Crippen LogP contribution in [-0.2, 0) is 29.5 Å². The Hall–Kier alpha value is -3.17. The first-order valence-electron chi connectivity index (χ1n) is 12.8. The minimum Gasteiger partial charge on any atom is -0.508 e. The number of piperidine rings is 1. The third kappa shape index (κ3) is 3.40. The quantitative estimate of drug-likeness (QED) is 0.410. The zero-order valence-electron chi connectivity index (χ0n) is 20.3. The highest BCUT2D eigenvalue weighted by Gasteiger charge is 2.64. The van der Waals surface area contributed by atoms with Gasteiger partial charge >= 0.3 is 0 Å². The molecule has 1 aromatic heterocycles. The number of nitrogens with two attached hydrogens (primary N) is 1. The molecule has 2 heterocycles. The predicted molar refractivity (Wildman–Crippen MR) is 132 cm³/mol. The lowest BCUT2D eigenvalue weighted by molar-refractivity contribution is -0.152. The number of amides is 2. The number of primary amides is 1. The van der Waals surface area contributed by atoms with Crippen molar-refractivity contribution in [1.82, 2.24) is 15.2 Å². The van der Waals surface area contributed by atoms with Gasteiger partial charge in [-0.2, -0.15) is 0 Å². The van der Waals surface area contributed by atoms with Crippen LogP contribution in [0.25, 0.3) is 0 Å². The zero-order chi connectivity index (χ0) is 25.4. The molecule has 1 aliphatic heterocycles. The number of fused-ring (bicyclic) bond motifs is 2. The van der Waals surface area contributed by atoms with E-state index in [-0.39, 0.29) is 23.8 Å². The fourth-order valence-electron chi connectivity index (χ4n) is 6.90. The monoisotopic (exact) mass is 492 g/mol. The summed E-state index contributed by atoms with van der Waals surface area (Å²) in [6.45, 7) is 3.28. The third-order valence-corrected chi connectivity index (χ3v) is 9.03. The van der Waals surface area contributed by atoms with Crippen LogP contribution in [0.4, 0.5) is 0 Å². The number of hydrogen-bond acceptors (Lipinski definition) is 6. The molecule has 2 bridgehead atoms. The van der Waals surface area contributed by atoms with Crippen LogP contribution < -0.4 is 16.6 Å². The van der Waals surface area contributed by atoms with Gasteiger partial charge in [0.15, 0.2) is 0 Å². The number of likely N-dealkylation sites (tertiary alicyclic amines) is 1. The molecule has 4 aliphatic rings. The molecule has 6 rings (SSSR count). The Bertz CT molecular complexity index is 1330. The molecule has 1 saturated carbocycles. The van der Waals surface area contributed by atoms with Gasteiger partial charge in [-0.3, -0.25) is 19.3 Å². The average molecular weight is 493 g/mol. The Morgan fingerprint density at radius 1 is 1.25 bits per heavy atom. The SMILES string of the molecule is C[C@H](NC(=O)c1cc2c([nH]c1=O)C[C@]13CCN(CC4CC4)[C@H](Cc4ccc(O)cc41)[C@]3(O)C2)C(N)=O. The van der Waals surface area contributed by atoms with Crippen molar-refractivity contribution in [2.24, 2.45) is 11.7 Å². The summed E-state index contributed by atoms with van der Waals surface area (Å²) in [6.07, 6.45) is 4.54. The molecule has 4 atom stereocenters. The number of rotatable bonds is 5. The molecule has 2 amide bonds. The number of nitrogens with one attached hydrogen (secondary N) is 2. The Balaban J connectivity index is 1.45. The number of aromatic hydroxyl groups is 1. The number of phenols is 1. The van der Waals surface area contributed by atoms with E-state index in [1.165, 1.54) is 19.8 Å². The number of phenolic OH excluding ortho intramolecular Hbond substituents is 1. The first-order chi connectivity index (χ1) is 17.1. The molecule has 9 nitrogen and oxygen atoms in total. The molecule has 0 radical (unpaired) electrons. The van der Waals surface area contributed by atoms with E-state index >= 15 is 0 Å². The predicted octanol–water partition coefficient (Wildman–Crippen LogP) is 0.492. The van der Waals surface area contributed by atoms with Gasteiger partial charge in [0.2, 0.25) is 5.91 Å². The number of carbonyl (C=O) groups excluding carboxylic acids is 2. The lowest BCUT2D eigenvalue weighted by atomic mass is 9.49. The van der Waals surface area contributed by atoms with Crippen molar-refractivity contribution in [2.45, 2.75) is 68.5 Å². The van der Waals surface area contributed by atoms with Gasteiger partial charge in [-0.15, -0.1) is 0 Å². The molecule has 1 saturated heterocycles. The van der Waals surface area contributed by atoms with Gasteiger partial charge < -0.3 is 26.2 Å². The molecular weight excluding hydrogens is 460 g/mol. The van der Waals surface area contributed by atoms with Crippen molar-refractivity contribution in [1.29, 1.82) is 0 Å². The Morgan fingerprint density at radius 2 is 2.03 bits per heavy atom. The number of carbonyl (C=O) groups is 2. The highest BCUT2D eigenvalue weighted by molar-refractivity contribution is 5.97. The van der Waals surface area contributed by atoms with Crippen molar-refractivity contribution in [3.8, 4) is 5.75 Å². The number of nitrogens with zero attached hydrogens (tertiary/aromatic N) is 1. The van der Waals surface area contributed by atoms with Crippen LogP contribution in [0.15, 0.2) is 29.1 Å². The van der Waals surface area contributed by atoms with E-state index in [1.807, 2.05) is 6.07 Å². The van der Waals surface area contributed by atoms with E-state index in [1.54, 1.807) is 18.2 Å². The standard InChI is InChI=1S/C27H32N4O5/c1-14(23(28)33)29-24(34)19-8-17-11-27(36)22-9-16-4-5-18(32)10-20(16)26(27,12-21(17)30-25(19)35)6-7-31(22)13-15-2-3-15/h4-5,8,10,14-15,22,32,36H,2-3,6-7,9,11-13H2,1H3,(H2,28,33)(H,29,34)(H,30,35)/t14-,22+,26+,27+/m0/s1. The van der Waals surface area contributed by atoms with Crippen LogP contribution in [0.2, 0.25) is 0 Å². The van der Waals surface area contributed by atoms with E-state index in [0.29, 0.717) is 30.9 Å². The van der Waals surface area contributed by atoms with Crippen molar-refractivity contribution in [3.63, 3.8) is 0 Å². The van der Waals surface area contributed by atoms with E-state index in [2.05, 4.69) is 15.2 Å². The van der Waals surface area contributed by atoms with Crippen LogP contribution in [0, 0.1) is 5.92 Å². The maximum absolute atomic E-state index is 12.9. The van der Waals surface area contributed by atoms with Crippen LogP contribution in [0.5, 0.6) is 5.75 Å². The highest BCUT2D eigenvalue weighted by atomic mass is 16.3. The maximum Gasteiger partial charge on any atom is 0.261 e. The van der Waals surface area contributed by atoms with Crippen molar-refractivity contribution in [2.75, 3.05) is 13.1 Å². The molecular formula is C27H32N4O5. The minimum atomic E-state index is -1.12. The molecule has 2 aromatic rings. The third-order valence-electron chi connectivity index (χ3n) is 9.03. The van der Waals surface area contributed by atoms with E-state index in [0.717, 1.165) is 29.8 Å². The number of hydrogen-bond donors (Lipinski definition) is 5. The van der Waals surface area contributed by atoms with Gasteiger partial charge in [0, 0.05) is 36.5 Å². The average Bonchev–Trinajstić information content (AvgIpc) is 3.63. The van der Waals surface area contributed by atoms with Gasteiger partial charge in [-0.1, -0.05) is 6.07 Å². The van der Waals surface area contributed by atoms with Gasteiger partial charge in [0.05, 0.1) is 5.60 Å². The Kier molecular flexibility index (Phi) is 5.11. The van der Waals surface area contributed by atoms with E-state index < -0.39 is 34.4 Å². The summed E-state index contributed by atoms with van der Waals surface area (Å²) in [5.41, 5.74) is 6.36.